The molecule has 2 aromatic heterocycles. The topological polar surface area (TPSA) is 80.5 Å². The van der Waals surface area contributed by atoms with Crippen LogP contribution >= 0.6 is 0 Å². The fourth-order valence-corrected chi connectivity index (χ4v) is 3.02. The molecule has 0 radical (unpaired) electrons. The van der Waals surface area contributed by atoms with Gasteiger partial charge in [-0.05, 0) is 19.9 Å². The predicted octanol–water partition coefficient (Wildman–Crippen LogP) is 1.80. The van der Waals surface area contributed by atoms with Crippen molar-refractivity contribution >= 4 is 5.82 Å². The van der Waals surface area contributed by atoms with Crippen molar-refractivity contribution in [2.24, 2.45) is 0 Å². The highest BCUT2D eigenvalue weighted by Gasteiger charge is 2.18. The van der Waals surface area contributed by atoms with Gasteiger partial charge >= 0.3 is 0 Å². The standard InChI is InChI=1S/C18H21N7/c1-13-12-25(24-23-13)10-9-20-18-15-7-8-19-11-16(15)21-17(22-18)14-5-3-2-4-6-14/h2-6,12,19H,7-11H2,1H3,(H,20,21,22). The van der Waals surface area contributed by atoms with Crippen LogP contribution in [0.5, 0.6) is 0 Å². The molecule has 0 fully saturated rings. The number of nitrogens with one attached hydrogen (secondary N) is 2. The molecule has 4 rings (SSSR count). The maximum atomic E-state index is 4.80. The van der Waals surface area contributed by atoms with E-state index in [1.165, 1.54) is 5.56 Å². The number of benzene rings is 1. The van der Waals surface area contributed by atoms with Crippen LogP contribution in [-0.2, 0) is 19.5 Å². The summed E-state index contributed by atoms with van der Waals surface area (Å²) < 4.78 is 1.84. The van der Waals surface area contributed by atoms with E-state index >= 15 is 0 Å². The summed E-state index contributed by atoms with van der Waals surface area (Å²) in [7, 11) is 0. The van der Waals surface area contributed by atoms with Crippen LogP contribution in [0.2, 0.25) is 0 Å². The summed E-state index contributed by atoms with van der Waals surface area (Å²) >= 11 is 0. The van der Waals surface area contributed by atoms with E-state index in [1.807, 2.05) is 48.1 Å². The molecule has 3 heterocycles. The molecule has 0 aliphatic carbocycles. The Morgan fingerprint density at radius 1 is 1.20 bits per heavy atom. The third kappa shape index (κ3) is 3.51. The first kappa shape index (κ1) is 15.7. The van der Waals surface area contributed by atoms with Crippen molar-refractivity contribution in [3.8, 4) is 11.4 Å². The Balaban J connectivity index is 1.58. The zero-order valence-electron chi connectivity index (χ0n) is 14.2. The van der Waals surface area contributed by atoms with Gasteiger partial charge in [0, 0.05) is 30.4 Å². The lowest BCUT2D eigenvalue weighted by molar-refractivity contribution is 0.604. The van der Waals surface area contributed by atoms with Gasteiger partial charge in [0.25, 0.3) is 0 Å². The quantitative estimate of drug-likeness (QED) is 0.740. The van der Waals surface area contributed by atoms with Crippen molar-refractivity contribution in [3.63, 3.8) is 0 Å². The van der Waals surface area contributed by atoms with Gasteiger partial charge in [0.05, 0.1) is 17.9 Å². The van der Waals surface area contributed by atoms with Crippen LogP contribution in [0, 0.1) is 6.92 Å². The maximum absolute atomic E-state index is 4.80. The third-order valence-corrected chi connectivity index (χ3v) is 4.26. The van der Waals surface area contributed by atoms with Gasteiger partial charge in [-0.3, -0.25) is 4.68 Å². The van der Waals surface area contributed by atoms with E-state index in [2.05, 4.69) is 20.9 Å². The molecule has 0 unspecified atom stereocenters. The van der Waals surface area contributed by atoms with Crippen molar-refractivity contribution in [2.75, 3.05) is 18.4 Å². The van der Waals surface area contributed by atoms with Gasteiger partial charge < -0.3 is 10.6 Å². The second-order valence-corrected chi connectivity index (χ2v) is 6.16. The highest BCUT2D eigenvalue weighted by molar-refractivity contribution is 5.60. The Morgan fingerprint density at radius 2 is 2.08 bits per heavy atom. The third-order valence-electron chi connectivity index (χ3n) is 4.26. The maximum Gasteiger partial charge on any atom is 0.161 e. The van der Waals surface area contributed by atoms with Gasteiger partial charge in [0.2, 0.25) is 0 Å². The Hall–Kier alpha value is -2.80. The molecular formula is C18H21N7. The van der Waals surface area contributed by atoms with Crippen molar-refractivity contribution in [3.05, 3.63) is 53.5 Å². The smallest absolute Gasteiger partial charge is 0.161 e. The minimum absolute atomic E-state index is 0.744. The Labute approximate surface area is 146 Å². The Kier molecular flexibility index (Phi) is 4.39. The highest BCUT2D eigenvalue weighted by atomic mass is 15.4. The lowest BCUT2D eigenvalue weighted by atomic mass is 10.1. The number of aromatic nitrogens is 5. The summed E-state index contributed by atoms with van der Waals surface area (Å²) in [6, 6.07) is 10.1. The average Bonchev–Trinajstić information content (AvgIpc) is 3.07. The fourth-order valence-electron chi connectivity index (χ4n) is 3.02. The zero-order valence-corrected chi connectivity index (χ0v) is 14.2. The summed E-state index contributed by atoms with van der Waals surface area (Å²) in [4.78, 5) is 9.57. The molecule has 0 saturated carbocycles. The Bertz CT molecular complexity index is 857. The first-order valence-corrected chi connectivity index (χ1v) is 8.56. The van der Waals surface area contributed by atoms with Crippen molar-refractivity contribution in [1.29, 1.82) is 0 Å². The molecule has 0 saturated heterocycles. The van der Waals surface area contributed by atoms with E-state index in [4.69, 9.17) is 9.97 Å². The van der Waals surface area contributed by atoms with Gasteiger partial charge in [-0.1, -0.05) is 35.5 Å². The first-order chi connectivity index (χ1) is 12.3. The minimum atomic E-state index is 0.744. The summed E-state index contributed by atoms with van der Waals surface area (Å²) in [5, 5.41) is 15.0. The molecule has 7 heteroatoms. The van der Waals surface area contributed by atoms with E-state index in [0.717, 1.165) is 61.2 Å². The molecular weight excluding hydrogens is 314 g/mol. The monoisotopic (exact) mass is 335 g/mol. The van der Waals surface area contributed by atoms with Crippen LogP contribution in [-0.4, -0.2) is 38.1 Å². The second kappa shape index (κ2) is 6.98. The van der Waals surface area contributed by atoms with E-state index < -0.39 is 0 Å². The van der Waals surface area contributed by atoms with Gasteiger partial charge in [-0.15, -0.1) is 5.10 Å². The summed E-state index contributed by atoms with van der Waals surface area (Å²) in [5.41, 5.74) is 4.26. The first-order valence-electron chi connectivity index (χ1n) is 8.56. The number of nitrogens with zero attached hydrogens (tertiary/aromatic N) is 5. The van der Waals surface area contributed by atoms with Crippen LogP contribution < -0.4 is 10.6 Å². The normalized spacial score (nSPS) is 13.5. The number of anilines is 1. The van der Waals surface area contributed by atoms with E-state index in [9.17, 15) is 0 Å². The second-order valence-electron chi connectivity index (χ2n) is 6.16. The van der Waals surface area contributed by atoms with Crippen molar-refractivity contribution in [2.45, 2.75) is 26.4 Å². The van der Waals surface area contributed by atoms with Crippen LogP contribution in [0.15, 0.2) is 36.5 Å². The minimum Gasteiger partial charge on any atom is -0.368 e. The van der Waals surface area contributed by atoms with E-state index in [1.54, 1.807) is 0 Å². The molecule has 0 amide bonds. The molecule has 0 bridgehead atoms. The summed E-state index contributed by atoms with van der Waals surface area (Å²) in [6.07, 6.45) is 2.88. The van der Waals surface area contributed by atoms with E-state index in [0.29, 0.717) is 0 Å². The molecule has 1 aliphatic heterocycles. The number of aryl methyl sites for hydroxylation is 1. The number of hydrogen-bond acceptors (Lipinski definition) is 6. The lowest BCUT2D eigenvalue weighted by Crippen LogP contribution is -2.27. The van der Waals surface area contributed by atoms with E-state index in [-0.39, 0.29) is 0 Å². The summed E-state index contributed by atoms with van der Waals surface area (Å²) in [6.45, 7) is 5.18. The SMILES string of the molecule is Cc1cn(CCNc2nc(-c3ccccc3)nc3c2CCNC3)nn1. The fraction of sp³-hybridized carbons (Fsp3) is 0.333. The molecule has 2 N–H and O–H groups in total. The molecule has 1 aromatic carbocycles. The van der Waals surface area contributed by atoms with Gasteiger partial charge in [-0.2, -0.15) is 0 Å². The molecule has 0 spiro atoms. The van der Waals surface area contributed by atoms with Crippen LogP contribution in [0.3, 0.4) is 0 Å². The van der Waals surface area contributed by atoms with Crippen molar-refractivity contribution in [1.82, 2.24) is 30.3 Å². The number of hydrogen-bond donors (Lipinski definition) is 2. The van der Waals surface area contributed by atoms with Gasteiger partial charge in [0.15, 0.2) is 5.82 Å². The Morgan fingerprint density at radius 3 is 2.88 bits per heavy atom. The molecule has 7 nitrogen and oxygen atoms in total. The molecule has 0 atom stereocenters. The van der Waals surface area contributed by atoms with Crippen LogP contribution in [0.4, 0.5) is 5.82 Å². The van der Waals surface area contributed by atoms with Crippen LogP contribution in [0.25, 0.3) is 11.4 Å². The highest BCUT2D eigenvalue weighted by Crippen LogP contribution is 2.24. The average molecular weight is 335 g/mol. The number of fused-ring (bicyclic) bond motifs is 1. The zero-order chi connectivity index (χ0) is 17.1. The molecule has 128 valence electrons. The van der Waals surface area contributed by atoms with Crippen LogP contribution in [0.1, 0.15) is 17.0 Å². The number of rotatable bonds is 5. The molecule has 3 aromatic rings. The summed E-state index contributed by atoms with van der Waals surface area (Å²) in [5.74, 6) is 1.70. The molecule has 1 aliphatic rings. The van der Waals surface area contributed by atoms with Gasteiger partial charge in [0.1, 0.15) is 5.82 Å². The lowest BCUT2D eigenvalue weighted by Gasteiger charge is -2.20. The largest absolute Gasteiger partial charge is 0.368 e. The van der Waals surface area contributed by atoms with Crippen molar-refractivity contribution < 1.29 is 0 Å². The van der Waals surface area contributed by atoms with Gasteiger partial charge in [-0.25, -0.2) is 9.97 Å². The molecule has 25 heavy (non-hydrogen) atoms. The predicted molar refractivity (Wildman–Crippen MR) is 96.1 cm³/mol.